The summed E-state index contributed by atoms with van der Waals surface area (Å²) in [5.41, 5.74) is 1.23. The van der Waals surface area contributed by atoms with Crippen LogP contribution in [0, 0.1) is 0 Å². The maximum Gasteiger partial charge on any atom is 0.193 e. The molecule has 2 N–H and O–H groups in total. The number of methoxy groups -OCH3 is 1. The Labute approximate surface area is 157 Å². The van der Waals surface area contributed by atoms with Crippen LogP contribution in [-0.2, 0) is 6.42 Å². The molecule has 1 aliphatic heterocycles. The van der Waals surface area contributed by atoms with Gasteiger partial charge in [0.2, 0.25) is 0 Å². The third-order valence-electron chi connectivity index (χ3n) is 4.51. The molecule has 0 amide bonds. The average molecular weight is 364 g/mol. The minimum atomic E-state index is -0.163. The summed E-state index contributed by atoms with van der Waals surface area (Å²) in [4.78, 5) is 7.01. The number of aliphatic imine (C=N–C) groups is 1. The molecule has 146 valence electrons. The molecule has 1 fully saturated rings. The van der Waals surface area contributed by atoms with Crippen molar-refractivity contribution in [2.75, 3.05) is 39.9 Å². The van der Waals surface area contributed by atoms with Crippen molar-refractivity contribution in [2.45, 2.75) is 45.6 Å². The number of hydrogen-bond acceptors (Lipinski definition) is 4. The second-order valence-electron chi connectivity index (χ2n) is 6.48. The molecule has 26 heavy (non-hydrogen) atoms. The molecular formula is C20H33N3O3. The number of guanidine groups is 1. The molecule has 1 aliphatic rings. The van der Waals surface area contributed by atoms with E-state index in [1.54, 1.807) is 7.11 Å². The van der Waals surface area contributed by atoms with Gasteiger partial charge in [-0.2, -0.15) is 0 Å². The van der Waals surface area contributed by atoms with Crippen LogP contribution in [0.25, 0.3) is 0 Å². The summed E-state index contributed by atoms with van der Waals surface area (Å²) >= 11 is 0. The summed E-state index contributed by atoms with van der Waals surface area (Å²) in [6.07, 6.45) is 3.39. The number of ether oxygens (including phenoxy) is 2. The highest BCUT2D eigenvalue weighted by Gasteiger charge is 2.19. The highest BCUT2D eigenvalue weighted by Crippen LogP contribution is 2.28. The van der Waals surface area contributed by atoms with E-state index in [0.29, 0.717) is 6.61 Å². The molecule has 0 aromatic heterocycles. The van der Waals surface area contributed by atoms with Gasteiger partial charge in [0, 0.05) is 26.2 Å². The SMILES string of the molecule is CCNC(=NCCCc1ccc(OC)c(OCC)c1)N1CCC(O)CC1. The van der Waals surface area contributed by atoms with E-state index >= 15 is 0 Å². The van der Waals surface area contributed by atoms with Crippen LogP contribution in [0.15, 0.2) is 23.2 Å². The first kappa shape index (κ1) is 20.4. The third-order valence-corrected chi connectivity index (χ3v) is 4.51. The van der Waals surface area contributed by atoms with Crippen LogP contribution in [-0.4, -0.2) is 62.0 Å². The van der Waals surface area contributed by atoms with Crippen LogP contribution < -0.4 is 14.8 Å². The van der Waals surface area contributed by atoms with E-state index in [4.69, 9.17) is 14.5 Å². The lowest BCUT2D eigenvalue weighted by molar-refractivity contribution is 0.108. The number of benzene rings is 1. The Balaban J connectivity index is 1.88. The second-order valence-corrected chi connectivity index (χ2v) is 6.48. The maximum atomic E-state index is 9.67. The predicted octanol–water partition coefficient (Wildman–Crippen LogP) is 2.45. The van der Waals surface area contributed by atoms with E-state index in [9.17, 15) is 5.11 Å². The van der Waals surface area contributed by atoms with E-state index in [2.05, 4.69) is 29.3 Å². The minimum absolute atomic E-state index is 0.163. The highest BCUT2D eigenvalue weighted by molar-refractivity contribution is 5.80. The van der Waals surface area contributed by atoms with E-state index in [-0.39, 0.29) is 6.10 Å². The van der Waals surface area contributed by atoms with Gasteiger partial charge >= 0.3 is 0 Å². The number of likely N-dealkylation sites (tertiary alicyclic amines) is 1. The van der Waals surface area contributed by atoms with E-state index in [1.165, 1.54) is 5.56 Å². The molecule has 0 aliphatic carbocycles. The van der Waals surface area contributed by atoms with Crippen LogP contribution in [0.5, 0.6) is 11.5 Å². The molecule has 1 aromatic carbocycles. The van der Waals surface area contributed by atoms with Gasteiger partial charge in [0.25, 0.3) is 0 Å². The lowest BCUT2D eigenvalue weighted by atomic mass is 10.1. The number of rotatable bonds is 8. The van der Waals surface area contributed by atoms with Crippen LogP contribution in [0.3, 0.4) is 0 Å². The molecule has 0 saturated carbocycles. The van der Waals surface area contributed by atoms with Crippen LogP contribution in [0.2, 0.25) is 0 Å². The molecule has 0 atom stereocenters. The fraction of sp³-hybridized carbons (Fsp3) is 0.650. The first-order chi connectivity index (χ1) is 12.7. The Morgan fingerprint density at radius 3 is 2.69 bits per heavy atom. The van der Waals surface area contributed by atoms with Crippen LogP contribution in [0.1, 0.15) is 38.7 Å². The fourth-order valence-electron chi connectivity index (χ4n) is 3.12. The molecule has 6 heteroatoms. The predicted molar refractivity (Wildman–Crippen MR) is 105 cm³/mol. The fourth-order valence-corrected chi connectivity index (χ4v) is 3.12. The Bertz CT molecular complexity index is 569. The monoisotopic (exact) mass is 363 g/mol. The van der Waals surface area contributed by atoms with Crippen molar-refractivity contribution in [1.82, 2.24) is 10.2 Å². The normalized spacial score (nSPS) is 15.8. The number of aliphatic hydroxyl groups is 1. The van der Waals surface area contributed by atoms with Crippen molar-refractivity contribution >= 4 is 5.96 Å². The lowest BCUT2D eigenvalue weighted by Crippen LogP contribution is -2.46. The number of piperidine rings is 1. The van der Waals surface area contributed by atoms with Gasteiger partial charge in [-0.15, -0.1) is 0 Å². The molecule has 1 heterocycles. The van der Waals surface area contributed by atoms with Gasteiger partial charge in [-0.3, -0.25) is 4.99 Å². The van der Waals surface area contributed by atoms with Crippen LogP contribution >= 0.6 is 0 Å². The average Bonchev–Trinajstić information content (AvgIpc) is 2.65. The summed E-state index contributed by atoms with van der Waals surface area (Å²) in [7, 11) is 1.66. The molecule has 1 saturated heterocycles. The number of aryl methyl sites for hydroxylation is 1. The second kappa shape index (κ2) is 10.9. The molecule has 1 aromatic rings. The van der Waals surface area contributed by atoms with Crippen molar-refractivity contribution in [2.24, 2.45) is 4.99 Å². The summed E-state index contributed by atoms with van der Waals surface area (Å²) in [6, 6.07) is 6.11. The molecule has 0 bridgehead atoms. The zero-order valence-electron chi connectivity index (χ0n) is 16.3. The standard InChI is InChI=1S/C20H33N3O3/c1-4-21-20(23-13-10-17(24)11-14-23)22-12-6-7-16-8-9-18(25-3)19(15-16)26-5-2/h8-9,15,17,24H,4-7,10-14H2,1-3H3,(H,21,22). The van der Waals surface area contributed by atoms with Crippen molar-refractivity contribution in [1.29, 1.82) is 0 Å². The third kappa shape index (κ3) is 6.09. The number of nitrogens with zero attached hydrogens (tertiary/aromatic N) is 2. The van der Waals surface area contributed by atoms with Gasteiger partial charge in [-0.05, 0) is 57.2 Å². The highest BCUT2D eigenvalue weighted by atomic mass is 16.5. The molecule has 6 nitrogen and oxygen atoms in total. The zero-order valence-corrected chi connectivity index (χ0v) is 16.3. The Hall–Kier alpha value is -1.95. The van der Waals surface area contributed by atoms with Gasteiger partial charge in [0.1, 0.15) is 0 Å². The van der Waals surface area contributed by atoms with Gasteiger partial charge in [-0.25, -0.2) is 0 Å². The molecule has 0 spiro atoms. The summed E-state index contributed by atoms with van der Waals surface area (Å²) in [5.74, 6) is 2.54. The van der Waals surface area contributed by atoms with Crippen LogP contribution in [0.4, 0.5) is 0 Å². The smallest absolute Gasteiger partial charge is 0.193 e. The molecular weight excluding hydrogens is 330 g/mol. The van der Waals surface area contributed by atoms with E-state index in [1.807, 2.05) is 13.0 Å². The van der Waals surface area contributed by atoms with Crippen molar-refractivity contribution in [3.8, 4) is 11.5 Å². The summed E-state index contributed by atoms with van der Waals surface area (Å²) < 4.78 is 11.0. The Morgan fingerprint density at radius 1 is 1.27 bits per heavy atom. The topological polar surface area (TPSA) is 66.3 Å². The molecule has 2 rings (SSSR count). The van der Waals surface area contributed by atoms with Gasteiger partial charge in [0.15, 0.2) is 17.5 Å². The van der Waals surface area contributed by atoms with Crippen molar-refractivity contribution in [3.63, 3.8) is 0 Å². The lowest BCUT2D eigenvalue weighted by Gasteiger charge is -2.32. The first-order valence-corrected chi connectivity index (χ1v) is 9.69. The molecule has 0 unspecified atom stereocenters. The van der Waals surface area contributed by atoms with E-state index < -0.39 is 0 Å². The number of nitrogens with one attached hydrogen (secondary N) is 1. The largest absolute Gasteiger partial charge is 0.493 e. The maximum absolute atomic E-state index is 9.67. The quantitative estimate of drug-likeness (QED) is 0.422. The zero-order chi connectivity index (χ0) is 18.8. The Kier molecular flexibility index (Phi) is 8.54. The number of aliphatic hydroxyl groups excluding tert-OH is 1. The van der Waals surface area contributed by atoms with Crippen molar-refractivity contribution < 1.29 is 14.6 Å². The van der Waals surface area contributed by atoms with Crippen molar-refractivity contribution in [3.05, 3.63) is 23.8 Å². The van der Waals surface area contributed by atoms with E-state index in [0.717, 1.165) is 69.3 Å². The molecule has 0 radical (unpaired) electrons. The Morgan fingerprint density at radius 2 is 2.04 bits per heavy atom. The van der Waals surface area contributed by atoms with Gasteiger partial charge in [-0.1, -0.05) is 6.07 Å². The number of hydrogen-bond donors (Lipinski definition) is 2. The van der Waals surface area contributed by atoms with Gasteiger partial charge in [0.05, 0.1) is 19.8 Å². The summed E-state index contributed by atoms with van der Waals surface area (Å²) in [5, 5.41) is 13.0. The summed E-state index contributed by atoms with van der Waals surface area (Å²) in [6.45, 7) is 8.04. The van der Waals surface area contributed by atoms with Gasteiger partial charge < -0.3 is 24.8 Å². The minimum Gasteiger partial charge on any atom is -0.493 e. The first-order valence-electron chi connectivity index (χ1n) is 9.69.